The van der Waals surface area contributed by atoms with E-state index in [1.165, 1.54) is 22.5 Å². The molecule has 0 aliphatic heterocycles. The van der Waals surface area contributed by atoms with Crippen LogP contribution >= 0.6 is 11.3 Å². The summed E-state index contributed by atoms with van der Waals surface area (Å²) in [4.78, 5) is 17.3. The van der Waals surface area contributed by atoms with Crippen LogP contribution in [0.5, 0.6) is 0 Å². The number of nitrogens with zero attached hydrogens (tertiary/aromatic N) is 1. The van der Waals surface area contributed by atoms with Crippen molar-refractivity contribution in [1.82, 2.24) is 9.71 Å². The average Bonchev–Trinajstić information content (AvgIpc) is 3.31. The van der Waals surface area contributed by atoms with E-state index in [4.69, 9.17) is 0 Å². The van der Waals surface area contributed by atoms with E-state index in [0.29, 0.717) is 5.13 Å². The number of thiazole rings is 1. The van der Waals surface area contributed by atoms with Crippen molar-refractivity contribution >= 4 is 32.7 Å². The molecule has 26 heavy (non-hydrogen) atoms. The number of carbonyl (C=O) groups is 1. The van der Waals surface area contributed by atoms with E-state index in [9.17, 15) is 13.2 Å². The second-order valence-corrected chi connectivity index (χ2v) is 8.81. The topological polar surface area (TPSA) is 97.4 Å². The van der Waals surface area contributed by atoms with Gasteiger partial charge in [-0.15, -0.1) is 11.3 Å². The van der Waals surface area contributed by atoms with Crippen LogP contribution < -0.4 is 10.0 Å². The third-order valence-corrected chi connectivity index (χ3v) is 5.98. The predicted molar refractivity (Wildman–Crippen MR) is 100 cm³/mol. The van der Waals surface area contributed by atoms with Gasteiger partial charge in [0.05, 0.1) is 5.69 Å². The van der Waals surface area contributed by atoms with Crippen molar-refractivity contribution < 1.29 is 17.4 Å². The van der Waals surface area contributed by atoms with Gasteiger partial charge in [0.2, 0.25) is 0 Å². The molecule has 1 amide bonds. The largest absolute Gasteiger partial charge is 0.336 e. The minimum Gasteiger partial charge on any atom is -0.300 e. The van der Waals surface area contributed by atoms with E-state index >= 15 is 0 Å². The van der Waals surface area contributed by atoms with Gasteiger partial charge in [0.15, 0.2) is 5.13 Å². The van der Waals surface area contributed by atoms with Crippen molar-refractivity contribution in [3.05, 3.63) is 46.0 Å². The number of nitrogens with one attached hydrogen (secondary N) is 2. The summed E-state index contributed by atoms with van der Waals surface area (Å²) in [5.41, 5.74) is 3.21. The van der Waals surface area contributed by atoms with E-state index < -0.39 is 22.8 Å². The number of anilines is 1. The molecular weight excluding hydrogens is 374 g/mol. The minimum absolute atomic E-state index is 0.0611. The zero-order chi connectivity index (χ0) is 18.7. The zero-order valence-corrected chi connectivity index (χ0v) is 16.2. The molecule has 0 bridgehead atoms. The van der Waals surface area contributed by atoms with Crippen molar-refractivity contribution in [2.45, 2.75) is 39.2 Å². The van der Waals surface area contributed by atoms with Gasteiger partial charge in [-0.3, -0.25) is 10.1 Å². The van der Waals surface area contributed by atoms with E-state index in [2.05, 4.69) is 43.5 Å². The van der Waals surface area contributed by atoms with Gasteiger partial charge in [0.25, 0.3) is 5.91 Å². The van der Waals surface area contributed by atoms with Gasteiger partial charge in [-0.05, 0) is 32.3 Å². The first-order valence-corrected chi connectivity index (χ1v) is 10.5. The van der Waals surface area contributed by atoms with E-state index in [0.717, 1.165) is 29.8 Å². The van der Waals surface area contributed by atoms with Gasteiger partial charge in [-0.25, -0.2) is 9.17 Å². The maximum atomic E-state index is 11.9. The molecule has 7 nitrogen and oxygen atoms in total. The summed E-state index contributed by atoms with van der Waals surface area (Å²) in [7, 11) is -3.88. The Bertz CT molecular complexity index is 887. The lowest BCUT2D eigenvalue weighted by Gasteiger charge is -2.05. The van der Waals surface area contributed by atoms with E-state index in [-0.39, 0.29) is 6.04 Å². The molecule has 1 aromatic carbocycles. The summed E-state index contributed by atoms with van der Waals surface area (Å²) in [5, 5.41) is 3.03. The number of aryl methyl sites for hydroxylation is 2. The fraction of sp³-hybridized carbons (Fsp3) is 0.412. The Morgan fingerprint density at radius 3 is 2.62 bits per heavy atom. The maximum absolute atomic E-state index is 11.9. The number of carbonyl (C=O) groups excluding carboxylic acids is 1. The fourth-order valence-electron chi connectivity index (χ4n) is 2.26. The van der Waals surface area contributed by atoms with Gasteiger partial charge in [0, 0.05) is 17.3 Å². The van der Waals surface area contributed by atoms with E-state index in [1.807, 2.05) is 13.8 Å². The van der Waals surface area contributed by atoms with Crippen molar-refractivity contribution in [2.75, 3.05) is 11.9 Å². The molecule has 1 fully saturated rings. The van der Waals surface area contributed by atoms with E-state index in [1.54, 1.807) is 0 Å². The third kappa shape index (κ3) is 5.60. The summed E-state index contributed by atoms with van der Waals surface area (Å²) in [5.74, 6) is -0.554. The molecular formula is C17H21N3O4S2. The molecule has 0 spiro atoms. The molecule has 3 rings (SSSR count). The predicted octanol–water partition coefficient (Wildman–Crippen LogP) is 2.30. The number of hydrogen-bond donors (Lipinski definition) is 2. The molecule has 140 valence electrons. The van der Waals surface area contributed by atoms with Crippen LogP contribution in [0.25, 0.3) is 0 Å². The van der Waals surface area contributed by atoms with Crippen LogP contribution in [0, 0.1) is 13.8 Å². The normalized spacial score (nSPS) is 14.4. The zero-order valence-electron chi connectivity index (χ0n) is 14.6. The van der Waals surface area contributed by atoms with Gasteiger partial charge in [-0.2, -0.15) is 13.1 Å². The Hall–Kier alpha value is -1.81. The van der Waals surface area contributed by atoms with Crippen LogP contribution in [0.2, 0.25) is 0 Å². The molecule has 1 saturated carbocycles. The van der Waals surface area contributed by atoms with Crippen LogP contribution in [-0.2, 0) is 25.7 Å². The first-order valence-electron chi connectivity index (χ1n) is 8.29. The number of benzene rings is 1. The molecule has 2 N–H and O–H groups in total. The van der Waals surface area contributed by atoms with Crippen molar-refractivity contribution in [3.8, 4) is 0 Å². The van der Waals surface area contributed by atoms with Gasteiger partial charge < -0.3 is 0 Å². The highest BCUT2D eigenvalue weighted by Gasteiger charge is 2.28. The van der Waals surface area contributed by atoms with Crippen LogP contribution in [0.1, 0.15) is 34.5 Å². The first kappa shape index (κ1) is 19.0. The Kier molecular flexibility index (Phi) is 5.71. The highest BCUT2D eigenvalue weighted by molar-refractivity contribution is 7.84. The monoisotopic (exact) mass is 395 g/mol. The van der Waals surface area contributed by atoms with Crippen LogP contribution in [-0.4, -0.2) is 32.0 Å². The summed E-state index contributed by atoms with van der Waals surface area (Å²) in [6.45, 7) is 3.35. The standard InChI is InChI=1S/C17H21N3O4S2/c1-11-3-5-13(6-4-11)9-15-12(2)18-17(25-15)19-16(21)10-24-26(22,23)20-14-7-8-14/h3-6,14,20H,7-10H2,1-2H3,(H,18,19,21). The van der Waals surface area contributed by atoms with Crippen LogP contribution in [0.3, 0.4) is 0 Å². The number of amides is 1. The van der Waals surface area contributed by atoms with Gasteiger partial charge >= 0.3 is 10.3 Å². The Labute approximate surface area is 157 Å². The summed E-state index contributed by atoms with van der Waals surface area (Å²) in [6.07, 6.45) is 2.34. The SMILES string of the molecule is Cc1ccc(Cc2sc(NC(=O)COS(=O)(=O)NC3CC3)nc2C)cc1. The average molecular weight is 396 g/mol. The smallest absolute Gasteiger partial charge is 0.300 e. The highest BCUT2D eigenvalue weighted by Crippen LogP contribution is 2.25. The Morgan fingerprint density at radius 1 is 1.27 bits per heavy atom. The number of hydrogen-bond acceptors (Lipinski definition) is 6. The second kappa shape index (κ2) is 7.83. The minimum atomic E-state index is -3.88. The number of rotatable bonds is 8. The molecule has 0 unspecified atom stereocenters. The molecule has 0 saturated heterocycles. The molecule has 2 aromatic rings. The summed E-state index contributed by atoms with van der Waals surface area (Å²) >= 11 is 1.38. The van der Waals surface area contributed by atoms with Crippen molar-refractivity contribution in [1.29, 1.82) is 0 Å². The van der Waals surface area contributed by atoms with Crippen molar-refractivity contribution in [2.24, 2.45) is 0 Å². The van der Waals surface area contributed by atoms with Crippen molar-refractivity contribution in [3.63, 3.8) is 0 Å². The molecule has 0 atom stereocenters. The molecule has 1 heterocycles. The fourth-order valence-corrected chi connectivity index (χ4v) is 4.25. The summed E-state index contributed by atoms with van der Waals surface area (Å²) < 4.78 is 30.2. The van der Waals surface area contributed by atoms with Crippen LogP contribution in [0.4, 0.5) is 5.13 Å². The lowest BCUT2D eigenvalue weighted by molar-refractivity contribution is -0.118. The van der Waals surface area contributed by atoms with Gasteiger partial charge in [-0.1, -0.05) is 29.8 Å². The molecule has 9 heteroatoms. The molecule has 0 radical (unpaired) electrons. The second-order valence-electron chi connectivity index (χ2n) is 6.35. The summed E-state index contributed by atoms with van der Waals surface area (Å²) in [6, 6.07) is 8.19. The highest BCUT2D eigenvalue weighted by atomic mass is 32.2. The molecule has 1 aromatic heterocycles. The molecule has 1 aliphatic rings. The quantitative estimate of drug-likeness (QED) is 0.715. The molecule has 1 aliphatic carbocycles. The lowest BCUT2D eigenvalue weighted by atomic mass is 10.1. The number of aromatic nitrogens is 1. The third-order valence-electron chi connectivity index (χ3n) is 3.86. The first-order chi connectivity index (χ1) is 12.3. The van der Waals surface area contributed by atoms with Crippen LogP contribution in [0.15, 0.2) is 24.3 Å². The maximum Gasteiger partial charge on any atom is 0.336 e. The Morgan fingerprint density at radius 2 is 1.96 bits per heavy atom. The Balaban J connectivity index is 1.54. The lowest BCUT2D eigenvalue weighted by Crippen LogP contribution is -2.31. The van der Waals surface area contributed by atoms with Gasteiger partial charge in [0.1, 0.15) is 6.61 Å².